The van der Waals surface area contributed by atoms with E-state index in [1.807, 2.05) is 54.9 Å². The van der Waals surface area contributed by atoms with Crippen molar-refractivity contribution >= 4 is 0 Å². The largest absolute Gasteiger partial charge is 0.463 e. The number of aromatic nitrogens is 4. The van der Waals surface area contributed by atoms with E-state index in [1.165, 1.54) is 0 Å². The molecule has 4 aromatic rings. The first-order valence-corrected chi connectivity index (χ1v) is 9.96. The van der Waals surface area contributed by atoms with E-state index in [2.05, 4.69) is 11.2 Å². The number of hydrogen-bond acceptors (Lipinski definition) is 6. The van der Waals surface area contributed by atoms with Crippen LogP contribution in [0.15, 0.2) is 70.8 Å². The minimum absolute atomic E-state index is 0.0618. The predicted molar refractivity (Wildman–Crippen MR) is 113 cm³/mol. The summed E-state index contributed by atoms with van der Waals surface area (Å²) in [6.07, 6.45) is 3.38. The van der Waals surface area contributed by atoms with E-state index in [0.29, 0.717) is 22.9 Å². The van der Waals surface area contributed by atoms with Crippen LogP contribution in [-0.4, -0.2) is 19.6 Å². The Balaban J connectivity index is 1.83. The molecule has 0 saturated carbocycles. The molecule has 8 heteroatoms. The van der Waals surface area contributed by atoms with Crippen molar-refractivity contribution in [3.8, 4) is 29.1 Å². The number of nitrogens with two attached hydrogens (primary N) is 1. The molecule has 0 fully saturated rings. The standard InChI is InChI=1S/C23H20N6O2/c1-3-28-14(2)17(13-26-28)19-16(12-24)22(25)31-23-20(19)21(18-10-7-11-30-18)27-29(23)15-8-5-4-6-9-15/h4-11,13,19H,3,25H2,1-2H3. The van der Waals surface area contributed by atoms with E-state index in [1.54, 1.807) is 23.2 Å². The first-order chi connectivity index (χ1) is 15.1. The molecular weight excluding hydrogens is 392 g/mol. The molecule has 1 aliphatic rings. The van der Waals surface area contributed by atoms with Crippen LogP contribution in [0.5, 0.6) is 5.88 Å². The fourth-order valence-electron chi connectivity index (χ4n) is 4.05. The lowest BCUT2D eigenvalue weighted by atomic mass is 9.84. The van der Waals surface area contributed by atoms with E-state index in [0.717, 1.165) is 29.1 Å². The molecule has 0 radical (unpaired) electrons. The molecule has 1 aliphatic heterocycles. The molecule has 0 amide bonds. The molecule has 0 saturated heterocycles. The Morgan fingerprint density at radius 3 is 2.65 bits per heavy atom. The van der Waals surface area contributed by atoms with Gasteiger partial charge in [-0.15, -0.1) is 0 Å². The summed E-state index contributed by atoms with van der Waals surface area (Å²) >= 11 is 0. The highest BCUT2D eigenvalue weighted by molar-refractivity contribution is 5.69. The smallest absolute Gasteiger partial charge is 0.229 e. The van der Waals surface area contributed by atoms with Crippen molar-refractivity contribution in [2.24, 2.45) is 5.73 Å². The summed E-state index contributed by atoms with van der Waals surface area (Å²) in [5.74, 6) is 0.624. The lowest BCUT2D eigenvalue weighted by molar-refractivity contribution is 0.367. The van der Waals surface area contributed by atoms with Gasteiger partial charge >= 0.3 is 0 Å². The van der Waals surface area contributed by atoms with Crippen LogP contribution in [0.1, 0.15) is 29.7 Å². The van der Waals surface area contributed by atoms with Crippen LogP contribution in [-0.2, 0) is 6.54 Å². The Hall–Kier alpha value is -4.25. The molecular formula is C23H20N6O2. The first-order valence-electron chi connectivity index (χ1n) is 9.96. The van der Waals surface area contributed by atoms with Crippen molar-refractivity contribution in [1.29, 1.82) is 5.26 Å². The van der Waals surface area contributed by atoms with Gasteiger partial charge in [0.15, 0.2) is 5.76 Å². The molecule has 8 nitrogen and oxygen atoms in total. The van der Waals surface area contributed by atoms with Gasteiger partial charge in [0.1, 0.15) is 17.3 Å². The average Bonchev–Trinajstić information content (AvgIpc) is 3.52. The molecule has 5 rings (SSSR count). The number of nitrogens with zero attached hydrogens (tertiary/aromatic N) is 5. The number of allylic oxidation sites excluding steroid dienone is 1. The Morgan fingerprint density at radius 1 is 1.19 bits per heavy atom. The van der Waals surface area contributed by atoms with Gasteiger partial charge in [-0.05, 0) is 38.1 Å². The third-order valence-corrected chi connectivity index (χ3v) is 5.55. The van der Waals surface area contributed by atoms with Crippen LogP contribution in [0.3, 0.4) is 0 Å². The third kappa shape index (κ3) is 2.82. The SMILES string of the molecule is CCn1ncc(C2C(C#N)=C(N)Oc3c2c(-c2ccco2)nn3-c2ccccc2)c1C. The van der Waals surface area contributed by atoms with Gasteiger partial charge in [0.2, 0.25) is 11.8 Å². The number of fused-ring (bicyclic) bond motifs is 1. The van der Waals surface area contributed by atoms with E-state index in [4.69, 9.17) is 20.0 Å². The molecule has 3 aromatic heterocycles. The van der Waals surface area contributed by atoms with Gasteiger partial charge in [0, 0.05) is 17.8 Å². The minimum Gasteiger partial charge on any atom is -0.463 e. The molecule has 0 aliphatic carbocycles. The van der Waals surface area contributed by atoms with Crippen LogP contribution in [0, 0.1) is 18.3 Å². The summed E-state index contributed by atoms with van der Waals surface area (Å²) in [4.78, 5) is 0. The van der Waals surface area contributed by atoms with E-state index in [-0.39, 0.29) is 5.88 Å². The maximum atomic E-state index is 9.97. The molecule has 0 bridgehead atoms. The number of nitriles is 1. The Kier molecular flexibility index (Phi) is 4.37. The fraction of sp³-hybridized carbons (Fsp3) is 0.174. The number of para-hydroxylation sites is 1. The topological polar surface area (TPSA) is 108 Å². The zero-order valence-electron chi connectivity index (χ0n) is 17.1. The van der Waals surface area contributed by atoms with Gasteiger partial charge in [0.05, 0.1) is 29.6 Å². The van der Waals surface area contributed by atoms with Gasteiger partial charge < -0.3 is 14.9 Å². The molecule has 1 aromatic carbocycles. The highest BCUT2D eigenvalue weighted by Crippen LogP contribution is 2.48. The van der Waals surface area contributed by atoms with Crippen LogP contribution in [0.4, 0.5) is 0 Å². The van der Waals surface area contributed by atoms with Crippen molar-refractivity contribution in [3.63, 3.8) is 0 Å². The Labute approximate surface area is 178 Å². The van der Waals surface area contributed by atoms with E-state index < -0.39 is 5.92 Å². The number of ether oxygens (including phenoxy) is 1. The number of rotatable bonds is 4. The van der Waals surface area contributed by atoms with Gasteiger partial charge in [-0.3, -0.25) is 4.68 Å². The third-order valence-electron chi connectivity index (χ3n) is 5.55. The lowest BCUT2D eigenvalue weighted by Gasteiger charge is -2.24. The average molecular weight is 412 g/mol. The lowest BCUT2D eigenvalue weighted by Crippen LogP contribution is -2.22. The summed E-state index contributed by atoms with van der Waals surface area (Å²) in [5, 5.41) is 19.3. The summed E-state index contributed by atoms with van der Waals surface area (Å²) in [5.41, 5.74) is 10.5. The van der Waals surface area contributed by atoms with Gasteiger partial charge in [0.25, 0.3) is 0 Å². The molecule has 2 N–H and O–H groups in total. The van der Waals surface area contributed by atoms with E-state index >= 15 is 0 Å². The highest BCUT2D eigenvalue weighted by Gasteiger charge is 2.39. The summed E-state index contributed by atoms with van der Waals surface area (Å²) in [6.45, 7) is 4.73. The molecule has 4 heterocycles. The van der Waals surface area contributed by atoms with Crippen molar-refractivity contribution in [1.82, 2.24) is 19.6 Å². The van der Waals surface area contributed by atoms with Crippen LogP contribution in [0.2, 0.25) is 0 Å². The second kappa shape index (κ2) is 7.22. The minimum atomic E-state index is -0.480. The normalized spacial score (nSPS) is 15.5. The monoisotopic (exact) mass is 412 g/mol. The fourth-order valence-corrected chi connectivity index (χ4v) is 4.05. The number of furan rings is 1. The first kappa shape index (κ1) is 18.8. The maximum absolute atomic E-state index is 9.97. The molecule has 31 heavy (non-hydrogen) atoms. The van der Waals surface area contributed by atoms with Crippen molar-refractivity contribution in [2.45, 2.75) is 26.3 Å². The summed E-state index contributed by atoms with van der Waals surface area (Å²) in [6, 6.07) is 15.5. The zero-order valence-corrected chi connectivity index (χ0v) is 17.1. The second-order valence-electron chi connectivity index (χ2n) is 7.22. The van der Waals surface area contributed by atoms with Crippen molar-refractivity contribution in [2.75, 3.05) is 0 Å². The number of hydrogen-bond donors (Lipinski definition) is 1. The van der Waals surface area contributed by atoms with Crippen LogP contribution >= 0.6 is 0 Å². The summed E-state index contributed by atoms with van der Waals surface area (Å²) in [7, 11) is 0. The maximum Gasteiger partial charge on any atom is 0.229 e. The number of aryl methyl sites for hydroxylation is 1. The van der Waals surface area contributed by atoms with Crippen molar-refractivity contribution < 1.29 is 9.15 Å². The molecule has 1 atom stereocenters. The molecule has 0 spiro atoms. The molecule has 1 unspecified atom stereocenters. The number of benzene rings is 1. The van der Waals surface area contributed by atoms with E-state index in [9.17, 15) is 5.26 Å². The zero-order chi connectivity index (χ0) is 21.5. The highest BCUT2D eigenvalue weighted by atomic mass is 16.5. The predicted octanol–water partition coefficient (Wildman–Crippen LogP) is 3.88. The quantitative estimate of drug-likeness (QED) is 0.545. The summed E-state index contributed by atoms with van der Waals surface area (Å²) < 4.78 is 15.3. The Morgan fingerprint density at radius 2 is 2.00 bits per heavy atom. The van der Waals surface area contributed by atoms with Crippen LogP contribution < -0.4 is 10.5 Å². The molecule has 154 valence electrons. The van der Waals surface area contributed by atoms with Gasteiger partial charge in [-0.1, -0.05) is 18.2 Å². The second-order valence-corrected chi connectivity index (χ2v) is 7.22. The van der Waals surface area contributed by atoms with Crippen LogP contribution in [0.25, 0.3) is 17.1 Å². The van der Waals surface area contributed by atoms with Crippen molar-refractivity contribution in [3.05, 3.63) is 83.2 Å². The van der Waals surface area contributed by atoms with Gasteiger partial charge in [-0.2, -0.15) is 20.1 Å². The Bertz CT molecular complexity index is 1320. The van der Waals surface area contributed by atoms with Gasteiger partial charge in [-0.25, -0.2) is 0 Å².